The quantitative estimate of drug-likeness (QED) is 0.544. The van der Waals surface area contributed by atoms with Crippen molar-refractivity contribution in [1.29, 1.82) is 0 Å². The Morgan fingerprint density at radius 1 is 1.27 bits per heavy atom. The van der Waals surface area contributed by atoms with Crippen LogP contribution in [0.4, 0.5) is 0 Å². The van der Waals surface area contributed by atoms with Gasteiger partial charge < -0.3 is 0 Å². The second kappa shape index (κ2) is 3.90. The molecule has 0 fully saturated rings. The molecule has 0 aliphatic heterocycles. The number of halogens is 2. The van der Waals surface area contributed by atoms with Crippen LogP contribution < -0.4 is 0 Å². The zero-order valence-electron chi connectivity index (χ0n) is 6.62. The minimum atomic E-state index is 0.955. The predicted molar refractivity (Wildman–Crippen MR) is 61.3 cm³/mol. The van der Waals surface area contributed by atoms with Gasteiger partial charge in [0.15, 0.2) is 0 Å². The molecule has 0 bridgehead atoms. The molecular weight excluding hydrogens is 315 g/mol. The van der Waals surface area contributed by atoms with E-state index in [-0.39, 0.29) is 0 Å². The summed E-state index contributed by atoms with van der Waals surface area (Å²) in [5, 5.41) is 0.955. The van der Waals surface area contributed by atoms with Gasteiger partial charge in [-0.15, -0.1) is 0 Å². The van der Waals surface area contributed by atoms with Gasteiger partial charge in [0, 0.05) is 8.90 Å². The van der Waals surface area contributed by atoms with Crippen LogP contribution in [0.1, 0.15) is 16.7 Å². The second-order valence-corrected chi connectivity index (χ2v) is 4.38. The van der Waals surface area contributed by atoms with Crippen LogP contribution in [-0.4, -0.2) is 0 Å². The number of benzene rings is 1. The van der Waals surface area contributed by atoms with E-state index in [2.05, 4.69) is 64.5 Å². The fraction of sp³-hybridized carbons (Fsp3) is 0.333. The van der Waals surface area contributed by atoms with Crippen LogP contribution in [0.2, 0.25) is 0 Å². The molecule has 1 rings (SSSR count). The van der Waals surface area contributed by atoms with E-state index in [1.165, 1.54) is 20.3 Å². The third-order valence-corrected chi connectivity index (χ3v) is 3.53. The van der Waals surface area contributed by atoms with Crippen molar-refractivity contribution in [3.63, 3.8) is 0 Å². The predicted octanol–water partition coefficient (Wildman–Crippen LogP) is 3.80. The lowest BCUT2D eigenvalue weighted by molar-refractivity contribution is 1.26. The topological polar surface area (TPSA) is 0 Å². The van der Waals surface area contributed by atoms with Crippen molar-refractivity contribution in [3.05, 3.63) is 32.4 Å². The average Bonchev–Trinajstić information content (AvgIpc) is 1.97. The van der Waals surface area contributed by atoms with E-state index in [1.54, 1.807) is 0 Å². The Morgan fingerprint density at radius 2 is 1.91 bits per heavy atom. The molecule has 0 saturated carbocycles. The summed E-state index contributed by atoms with van der Waals surface area (Å²) in [5.74, 6) is 0. The molecule has 0 aliphatic rings. The van der Waals surface area contributed by atoms with Crippen molar-refractivity contribution in [2.75, 3.05) is 0 Å². The fourth-order valence-electron chi connectivity index (χ4n) is 0.985. The highest BCUT2D eigenvalue weighted by atomic mass is 127. The molecule has 0 amide bonds. The van der Waals surface area contributed by atoms with Gasteiger partial charge >= 0.3 is 0 Å². The third kappa shape index (κ3) is 2.18. The Morgan fingerprint density at radius 3 is 2.45 bits per heavy atom. The first-order valence-corrected chi connectivity index (χ1v) is 5.66. The number of hydrogen-bond acceptors (Lipinski definition) is 0. The van der Waals surface area contributed by atoms with Gasteiger partial charge in [0.2, 0.25) is 0 Å². The normalized spacial score (nSPS) is 10.2. The van der Waals surface area contributed by atoms with Gasteiger partial charge in [-0.3, -0.25) is 0 Å². The minimum absolute atomic E-state index is 0.955. The molecule has 0 N–H and O–H groups in total. The lowest BCUT2D eigenvalue weighted by Crippen LogP contribution is -1.89. The lowest BCUT2D eigenvalue weighted by Gasteiger charge is -2.05. The van der Waals surface area contributed by atoms with E-state index in [0.717, 1.165) is 5.33 Å². The first-order valence-electron chi connectivity index (χ1n) is 3.46. The van der Waals surface area contributed by atoms with E-state index in [4.69, 9.17) is 0 Å². The minimum Gasteiger partial charge on any atom is -0.0876 e. The molecule has 60 valence electrons. The summed E-state index contributed by atoms with van der Waals surface area (Å²) < 4.78 is 1.35. The highest BCUT2D eigenvalue weighted by Crippen LogP contribution is 2.19. The Bertz CT molecular complexity index is 269. The Hall–Kier alpha value is 0.430. The van der Waals surface area contributed by atoms with Crippen molar-refractivity contribution in [1.82, 2.24) is 0 Å². The molecule has 0 spiro atoms. The smallest absolute Gasteiger partial charge is 0.0285 e. The number of alkyl halides is 1. The largest absolute Gasteiger partial charge is 0.0876 e. The van der Waals surface area contributed by atoms with Gasteiger partial charge in [0.1, 0.15) is 0 Å². The highest BCUT2D eigenvalue weighted by molar-refractivity contribution is 14.1. The Labute approximate surface area is 89.7 Å². The van der Waals surface area contributed by atoms with Crippen LogP contribution >= 0.6 is 38.5 Å². The van der Waals surface area contributed by atoms with E-state index < -0.39 is 0 Å². The third-order valence-electron chi connectivity index (χ3n) is 1.76. The van der Waals surface area contributed by atoms with Gasteiger partial charge in [0.05, 0.1) is 0 Å². The van der Waals surface area contributed by atoms with Gasteiger partial charge in [0.25, 0.3) is 0 Å². The van der Waals surface area contributed by atoms with Crippen molar-refractivity contribution < 1.29 is 0 Å². The van der Waals surface area contributed by atoms with Crippen molar-refractivity contribution in [2.45, 2.75) is 19.2 Å². The second-order valence-electron chi connectivity index (χ2n) is 2.66. The SMILES string of the molecule is Cc1cc(CBr)c(C)cc1I. The Balaban J connectivity index is 3.21. The molecule has 0 heterocycles. The van der Waals surface area contributed by atoms with Crippen molar-refractivity contribution in [2.24, 2.45) is 0 Å². The molecule has 0 unspecified atom stereocenters. The molecule has 1 aromatic rings. The maximum atomic E-state index is 3.46. The monoisotopic (exact) mass is 324 g/mol. The molecule has 2 heteroatoms. The maximum Gasteiger partial charge on any atom is 0.0285 e. The van der Waals surface area contributed by atoms with Crippen LogP contribution in [0.3, 0.4) is 0 Å². The van der Waals surface area contributed by atoms with Crippen LogP contribution in [0, 0.1) is 17.4 Å². The number of hydrogen-bond donors (Lipinski definition) is 0. The number of rotatable bonds is 1. The van der Waals surface area contributed by atoms with Crippen LogP contribution in [-0.2, 0) is 5.33 Å². The standard InChI is InChI=1S/C9H10BrI/c1-6-4-9(11)7(2)3-8(6)5-10/h3-4H,5H2,1-2H3. The summed E-state index contributed by atoms with van der Waals surface area (Å²) in [4.78, 5) is 0. The zero-order valence-corrected chi connectivity index (χ0v) is 10.4. The van der Waals surface area contributed by atoms with Crippen LogP contribution in [0.25, 0.3) is 0 Å². The molecule has 11 heavy (non-hydrogen) atoms. The summed E-state index contributed by atoms with van der Waals surface area (Å²) in [6.07, 6.45) is 0. The van der Waals surface area contributed by atoms with E-state index in [0.29, 0.717) is 0 Å². The molecule has 1 aromatic carbocycles. The van der Waals surface area contributed by atoms with E-state index >= 15 is 0 Å². The molecular formula is C9H10BrI. The summed E-state index contributed by atoms with van der Waals surface area (Å²) in [5.41, 5.74) is 4.13. The first kappa shape index (κ1) is 9.52. The van der Waals surface area contributed by atoms with Gasteiger partial charge in [-0.25, -0.2) is 0 Å². The van der Waals surface area contributed by atoms with Gasteiger partial charge in [-0.2, -0.15) is 0 Å². The van der Waals surface area contributed by atoms with Gasteiger partial charge in [-0.1, -0.05) is 22.0 Å². The van der Waals surface area contributed by atoms with Crippen molar-refractivity contribution in [3.8, 4) is 0 Å². The number of aryl methyl sites for hydroxylation is 2. The molecule has 0 saturated heterocycles. The molecule has 0 atom stereocenters. The summed E-state index contributed by atoms with van der Waals surface area (Å²) >= 11 is 5.83. The zero-order chi connectivity index (χ0) is 8.43. The van der Waals surface area contributed by atoms with E-state index in [1.807, 2.05) is 0 Å². The molecule has 0 nitrogen and oxygen atoms in total. The van der Waals surface area contributed by atoms with Crippen LogP contribution in [0.15, 0.2) is 12.1 Å². The highest BCUT2D eigenvalue weighted by Gasteiger charge is 1.99. The molecule has 0 radical (unpaired) electrons. The molecule has 0 aromatic heterocycles. The van der Waals surface area contributed by atoms with Crippen LogP contribution in [0.5, 0.6) is 0 Å². The summed E-state index contributed by atoms with van der Waals surface area (Å²) in [7, 11) is 0. The van der Waals surface area contributed by atoms with Crippen molar-refractivity contribution >= 4 is 38.5 Å². The Kier molecular flexibility index (Phi) is 3.37. The van der Waals surface area contributed by atoms with E-state index in [9.17, 15) is 0 Å². The first-order chi connectivity index (χ1) is 5.15. The summed E-state index contributed by atoms with van der Waals surface area (Å²) in [6.45, 7) is 4.30. The summed E-state index contributed by atoms with van der Waals surface area (Å²) in [6, 6.07) is 4.47. The lowest BCUT2D eigenvalue weighted by atomic mass is 10.1. The van der Waals surface area contributed by atoms with Gasteiger partial charge in [-0.05, 0) is 59.2 Å². The maximum absolute atomic E-state index is 3.46. The fourth-order valence-corrected chi connectivity index (χ4v) is 2.21. The molecule has 0 aliphatic carbocycles. The average molecular weight is 325 g/mol.